The first-order chi connectivity index (χ1) is 16.3. The molecule has 0 unspecified atom stereocenters. The van der Waals surface area contributed by atoms with Gasteiger partial charge in [-0.3, -0.25) is 9.10 Å². The number of nitrogens with one attached hydrogen (secondary N) is 1. The molecule has 0 amide bonds. The number of rotatable bonds is 7. The molecule has 1 heterocycles. The van der Waals surface area contributed by atoms with Crippen LogP contribution in [0.4, 0.5) is 5.69 Å². The third-order valence-electron chi connectivity index (χ3n) is 5.05. The number of hydrogen-bond acceptors (Lipinski definition) is 6. The molecule has 0 aliphatic rings. The summed E-state index contributed by atoms with van der Waals surface area (Å²) in [6, 6.07) is 19.0. The van der Waals surface area contributed by atoms with Crippen LogP contribution in [-0.2, 0) is 21.4 Å². The molecule has 0 fully saturated rings. The molecule has 0 aliphatic heterocycles. The van der Waals surface area contributed by atoms with Gasteiger partial charge >= 0.3 is 5.97 Å². The van der Waals surface area contributed by atoms with Crippen LogP contribution < -0.4 is 9.86 Å². The number of halogens is 1. The van der Waals surface area contributed by atoms with E-state index in [1.165, 1.54) is 34.6 Å². The first kappa shape index (κ1) is 23.5. The fraction of sp³-hybridized carbons (Fsp3) is 0.125. The van der Waals surface area contributed by atoms with Crippen LogP contribution in [0.15, 0.2) is 82.5 Å². The van der Waals surface area contributed by atoms with E-state index in [2.05, 4.69) is 9.97 Å². The molecule has 8 nitrogen and oxygen atoms in total. The van der Waals surface area contributed by atoms with Gasteiger partial charge in [0.1, 0.15) is 12.4 Å². The lowest BCUT2D eigenvalue weighted by molar-refractivity contribution is 0.0462. The monoisotopic (exact) mass is 497 g/mol. The van der Waals surface area contributed by atoms with Crippen molar-refractivity contribution in [1.82, 2.24) is 9.97 Å². The number of anilines is 1. The Balaban J connectivity index is 1.55. The summed E-state index contributed by atoms with van der Waals surface area (Å²) in [4.78, 5) is 31.7. The molecule has 174 valence electrons. The Hall–Kier alpha value is -3.69. The van der Waals surface area contributed by atoms with Crippen LogP contribution in [-0.4, -0.2) is 30.9 Å². The number of para-hydroxylation sites is 1. The van der Waals surface area contributed by atoms with Crippen LogP contribution >= 0.6 is 11.6 Å². The molecular formula is C24H20ClN3O5S. The van der Waals surface area contributed by atoms with Crippen molar-refractivity contribution in [2.45, 2.75) is 18.4 Å². The highest BCUT2D eigenvalue weighted by Crippen LogP contribution is 2.24. The molecule has 0 saturated carbocycles. The molecule has 34 heavy (non-hydrogen) atoms. The maximum atomic E-state index is 13.2. The van der Waals surface area contributed by atoms with Gasteiger partial charge in [0, 0.05) is 11.6 Å². The molecule has 0 saturated heterocycles. The van der Waals surface area contributed by atoms with Crippen LogP contribution in [0.2, 0.25) is 5.02 Å². The van der Waals surface area contributed by atoms with E-state index < -0.39 is 16.0 Å². The molecule has 10 heteroatoms. The van der Waals surface area contributed by atoms with Crippen LogP contribution in [0.3, 0.4) is 0 Å². The summed E-state index contributed by atoms with van der Waals surface area (Å²) >= 11 is 5.96. The predicted octanol–water partition coefficient (Wildman–Crippen LogP) is 4.15. The molecule has 3 aromatic carbocycles. The third kappa shape index (κ3) is 4.80. The molecule has 1 N–H and O–H groups in total. The van der Waals surface area contributed by atoms with E-state index in [4.69, 9.17) is 16.3 Å². The Kier molecular flexibility index (Phi) is 6.67. The van der Waals surface area contributed by atoms with E-state index >= 15 is 0 Å². The van der Waals surface area contributed by atoms with E-state index in [-0.39, 0.29) is 35.0 Å². The maximum Gasteiger partial charge on any atom is 0.338 e. The number of carbonyl (C=O) groups is 1. The molecule has 0 radical (unpaired) electrons. The van der Waals surface area contributed by atoms with Gasteiger partial charge in [-0.05, 0) is 55.5 Å². The normalized spacial score (nSPS) is 11.4. The minimum Gasteiger partial charge on any atom is -0.454 e. The molecule has 1 aromatic heterocycles. The second kappa shape index (κ2) is 9.66. The summed E-state index contributed by atoms with van der Waals surface area (Å²) in [6.45, 7) is 1.64. The van der Waals surface area contributed by atoms with Crippen molar-refractivity contribution in [3.8, 4) is 0 Å². The number of fused-ring (bicyclic) bond motifs is 1. The van der Waals surface area contributed by atoms with Crippen molar-refractivity contribution in [3.05, 3.63) is 99.6 Å². The van der Waals surface area contributed by atoms with E-state index in [0.29, 0.717) is 21.6 Å². The van der Waals surface area contributed by atoms with Crippen molar-refractivity contribution < 1.29 is 17.9 Å². The largest absolute Gasteiger partial charge is 0.454 e. The van der Waals surface area contributed by atoms with Crippen LogP contribution in [0.1, 0.15) is 23.1 Å². The zero-order valence-electron chi connectivity index (χ0n) is 18.1. The summed E-state index contributed by atoms with van der Waals surface area (Å²) in [5.74, 6) is -0.619. The highest BCUT2D eigenvalue weighted by molar-refractivity contribution is 7.92. The molecule has 0 aliphatic carbocycles. The number of carbonyl (C=O) groups excluding carboxylic acids is 1. The number of ether oxygens (including phenoxy) is 1. The Morgan fingerprint density at radius 3 is 2.56 bits per heavy atom. The van der Waals surface area contributed by atoms with Crippen molar-refractivity contribution in [2.75, 3.05) is 10.8 Å². The van der Waals surface area contributed by atoms with Gasteiger partial charge in [0.15, 0.2) is 0 Å². The fourth-order valence-electron chi connectivity index (χ4n) is 3.44. The summed E-state index contributed by atoms with van der Waals surface area (Å²) in [7, 11) is -3.91. The lowest BCUT2D eigenvalue weighted by Gasteiger charge is -2.23. The zero-order valence-corrected chi connectivity index (χ0v) is 19.6. The average molecular weight is 498 g/mol. The zero-order chi connectivity index (χ0) is 24.3. The number of hydrogen-bond donors (Lipinski definition) is 1. The molecule has 4 rings (SSSR count). The molecule has 0 spiro atoms. The lowest BCUT2D eigenvalue weighted by Crippen LogP contribution is -2.30. The average Bonchev–Trinajstić information content (AvgIpc) is 2.83. The molecular weight excluding hydrogens is 478 g/mol. The summed E-state index contributed by atoms with van der Waals surface area (Å²) < 4.78 is 33.0. The standard InChI is InChI=1S/C24H20ClN3O5S/c1-2-28(18-8-4-3-5-9-18)34(31,32)19-10-6-7-16(13-19)24(30)33-15-22-26-21-14-17(25)11-12-20(21)23(29)27-22/h3-14H,2,15H2,1H3,(H,26,27,29). The van der Waals surface area contributed by atoms with Crippen molar-refractivity contribution in [2.24, 2.45) is 0 Å². The quantitative estimate of drug-likeness (QED) is 0.384. The second-order valence-corrected chi connectivity index (χ2v) is 9.58. The number of aromatic nitrogens is 2. The third-order valence-corrected chi connectivity index (χ3v) is 7.18. The van der Waals surface area contributed by atoms with Crippen LogP contribution in [0.5, 0.6) is 0 Å². The van der Waals surface area contributed by atoms with Crippen molar-refractivity contribution >= 4 is 44.2 Å². The predicted molar refractivity (Wildman–Crippen MR) is 130 cm³/mol. The van der Waals surface area contributed by atoms with E-state index in [0.717, 1.165) is 0 Å². The molecule has 0 atom stereocenters. The van der Waals surface area contributed by atoms with Crippen molar-refractivity contribution in [3.63, 3.8) is 0 Å². The van der Waals surface area contributed by atoms with E-state index in [9.17, 15) is 18.0 Å². The SMILES string of the molecule is CCN(c1ccccc1)S(=O)(=O)c1cccc(C(=O)OCc2nc3cc(Cl)ccc3c(=O)[nH]2)c1. The van der Waals surface area contributed by atoms with Crippen LogP contribution in [0, 0.1) is 0 Å². The Bertz CT molecular complexity index is 1520. The van der Waals surface area contributed by atoms with Gasteiger partial charge < -0.3 is 9.72 Å². The van der Waals surface area contributed by atoms with Gasteiger partial charge in [-0.2, -0.15) is 0 Å². The minimum absolute atomic E-state index is 0.0421. The summed E-state index contributed by atoms with van der Waals surface area (Å²) in [5, 5.41) is 0.777. The molecule has 0 bridgehead atoms. The van der Waals surface area contributed by atoms with Gasteiger partial charge in [-0.25, -0.2) is 18.2 Å². The van der Waals surface area contributed by atoms with Gasteiger partial charge in [0.05, 0.1) is 27.0 Å². The first-order valence-electron chi connectivity index (χ1n) is 10.3. The number of H-pyrrole nitrogens is 1. The second-order valence-electron chi connectivity index (χ2n) is 7.28. The lowest BCUT2D eigenvalue weighted by atomic mass is 10.2. The summed E-state index contributed by atoms with van der Waals surface area (Å²) in [5.41, 5.74) is 0.554. The van der Waals surface area contributed by atoms with Gasteiger partial charge in [-0.15, -0.1) is 0 Å². The first-order valence-corrected chi connectivity index (χ1v) is 12.1. The Morgan fingerprint density at radius 2 is 1.82 bits per heavy atom. The van der Waals surface area contributed by atoms with Crippen LogP contribution in [0.25, 0.3) is 10.9 Å². The van der Waals surface area contributed by atoms with Crippen molar-refractivity contribution in [1.29, 1.82) is 0 Å². The maximum absolute atomic E-state index is 13.2. The number of esters is 1. The van der Waals surface area contributed by atoms with E-state index in [1.807, 2.05) is 0 Å². The van der Waals surface area contributed by atoms with Gasteiger partial charge in [0.2, 0.25) is 0 Å². The number of aromatic amines is 1. The Morgan fingerprint density at radius 1 is 1.06 bits per heavy atom. The number of benzene rings is 3. The summed E-state index contributed by atoms with van der Waals surface area (Å²) in [6.07, 6.45) is 0. The minimum atomic E-state index is -3.91. The number of sulfonamides is 1. The molecule has 4 aromatic rings. The topological polar surface area (TPSA) is 109 Å². The highest BCUT2D eigenvalue weighted by atomic mass is 35.5. The Labute approximate surface area is 200 Å². The number of nitrogens with zero attached hydrogens (tertiary/aromatic N) is 2. The van der Waals surface area contributed by atoms with Gasteiger partial charge in [0.25, 0.3) is 15.6 Å². The van der Waals surface area contributed by atoms with E-state index in [1.54, 1.807) is 49.4 Å². The fourth-order valence-corrected chi connectivity index (χ4v) is 5.13. The van der Waals surface area contributed by atoms with Gasteiger partial charge in [-0.1, -0.05) is 35.9 Å². The smallest absolute Gasteiger partial charge is 0.338 e. The highest BCUT2D eigenvalue weighted by Gasteiger charge is 2.24.